The Morgan fingerprint density at radius 1 is 1.28 bits per heavy atom. The van der Waals surface area contributed by atoms with Crippen molar-refractivity contribution in [3.63, 3.8) is 0 Å². The maximum atomic E-state index is 9.39. The Balaban J connectivity index is 1.73. The van der Waals surface area contributed by atoms with Gasteiger partial charge in [0.25, 0.3) is 0 Å². The summed E-state index contributed by atoms with van der Waals surface area (Å²) in [7, 11) is 0. The van der Waals surface area contributed by atoms with Gasteiger partial charge in [-0.25, -0.2) is 0 Å². The number of anilines is 1. The van der Waals surface area contributed by atoms with Gasteiger partial charge in [-0.15, -0.1) is 0 Å². The van der Waals surface area contributed by atoms with E-state index < -0.39 is 0 Å². The molecule has 2 aliphatic rings. The zero-order valence-corrected chi connectivity index (χ0v) is 10.7. The van der Waals surface area contributed by atoms with Gasteiger partial charge in [-0.1, -0.05) is 12.5 Å². The van der Waals surface area contributed by atoms with Gasteiger partial charge in [-0.3, -0.25) is 0 Å². The first-order chi connectivity index (χ1) is 8.78. The number of hydrogen-bond donors (Lipinski definition) is 3. The Morgan fingerprint density at radius 3 is 3.00 bits per heavy atom. The Labute approximate surface area is 108 Å². The van der Waals surface area contributed by atoms with Crippen LogP contribution in [0.1, 0.15) is 42.9 Å². The van der Waals surface area contributed by atoms with Gasteiger partial charge in [0.2, 0.25) is 0 Å². The molecule has 3 atom stereocenters. The zero-order chi connectivity index (χ0) is 12.5. The Morgan fingerprint density at radius 2 is 2.17 bits per heavy atom. The molecule has 1 aromatic carbocycles. The average Bonchev–Trinajstić information content (AvgIpc) is 2.96. The number of rotatable bonds is 3. The molecule has 0 bridgehead atoms. The highest BCUT2D eigenvalue weighted by molar-refractivity contribution is 5.47. The van der Waals surface area contributed by atoms with E-state index >= 15 is 0 Å². The summed E-state index contributed by atoms with van der Waals surface area (Å²) in [5, 5.41) is 13.1. The first kappa shape index (κ1) is 12.0. The molecular weight excluding hydrogens is 224 g/mol. The molecule has 1 saturated carbocycles. The fraction of sp³-hybridized carbons (Fsp3) is 0.600. The quantitative estimate of drug-likeness (QED) is 0.715. The zero-order valence-electron chi connectivity index (χ0n) is 10.7. The van der Waals surface area contributed by atoms with Gasteiger partial charge >= 0.3 is 0 Å². The number of hydrogen-bond acceptors (Lipinski definition) is 3. The highest BCUT2D eigenvalue weighted by Gasteiger charge is 2.31. The first-order valence-corrected chi connectivity index (χ1v) is 7.03. The van der Waals surface area contributed by atoms with Crippen LogP contribution in [0.4, 0.5) is 5.69 Å². The van der Waals surface area contributed by atoms with Crippen LogP contribution < -0.4 is 11.1 Å². The summed E-state index contributed by atoms with van der Waals surface area (Å²) in [6.45, 7) is 0.318. The molecule has 1 aromatic rings. The van der Waals surface area contributed by atoms with Crippen molar-refractivity contribution >= 4 is 5.69 Å². The number of benzene rings is 1. The van der Waals surface area contributed by atoms with E-state index in [1.807, 2.05) is 6.07 Å². The second kappa shape index (κ2) is 4.90. The smallest absolute Gasteiger partial charge is 0.0474 e. The summed E-state index contributed by atoms with van der Waals surface area (Å²) < 4.78 is 0. The summed E-state index contributed by atoms with van der Waals surface area (Å²) >= 11 is 0. The molecule has 3 heteroatoms. The molecule has 0 amide bonds. The maximum Gasteiger partial charge on any atom is 0.0474 e. The number of aryl methyl sites for hydroxylation is 1. The van der Waals surface area contributed by atoms with E-state index in [1.165, 1.54) is 24.0 Å². The van der Waals surface area contributed by atoms with E-state index in [1.54, 1.807) is 0 Å². The first-order valence-electron chi connectivity index (χ1n) is 7.03. The van der Waals surface area contributed by atoms with Crippen LogP contribution in [-0.2, 0) is 6.42 Å². The molecule has 3 nitrogen and oxygen atoms in total. The molecule has 3 rings (SSSR count). The summed E-state index contributed by atoms with van der Waals surface area (Å²) in [6, 6.07) is 7.21. The van der Waals surface area contributed by atoms with Crippen LogP contribution in [0.3, 0.4) is 0 Å². The molecule has 18 heavy (non-hydrogen) atoms. The lowest BCUT2D eigenvalue weighted by Gasteiger charge is -2.24. The summed E-state index contributed by atoms with van der Waals surface area (Å²) in [5.74, 6) is 0.447. The number of nitrogens with one attached hydrogen (secondary N) is 1. The number of nitrogen functional groups attached to an aromatic ring is 1. The Hall–Kier alpha value is -1.06. The van der Waals surface area contributed by atoms with E-state index in [0.29, 0.717) is 24.6 Å². The van der Waals surface area contributed by atoms with Gasteiger partial charge in [-0.2, -0.15) is 0 Å². The van der Waals surface area contributed by atoms with E-state index in [0.717, 1.165) is 24.9 Å². The van der Waals surface area contributed by atoms with E-state index in [-0.39, 0.29) is 0 Å². The molecular formula is C15H22N2O. The number of nitrogens with two attached hydrogens (primary N) is 1. The average molecular weight is 246 g/mol. The molecule has 0 heterocycles. The van der Waals surface area contributed by atoms with Gasteiger partial charge in [0.05, 0.1) is 0 Å². The monoisotopic (exact) mass is 246 g/mol. The van der Waals surface area contributed by atoms with Crippen LogP contribution >= 0.6 is 0 Å². The highest BCUT2D eigenvalue weighted by Crippen LogP contribution is 2.35. The molecule has 0 spiro atoms. The van der Waals surface area contributed by atoms with Crippen LogP contribution in [0, 0.1) is 5.92 Å². The Kier molecular flexibility index (Phi) is 3.27. The van der Waals surface area contributed by atoms with Gasteiger partial charge in [0, 0.05) is 24.4 Å². The third-order valence-electron chi connectivity index (χ3n) is 4.55. The van der Waals surface area contributed by atoms with E-state index in [9.17, 15) is 5.11 Å². The predicted octanol–water partition coefficient (Wildman–Crippen LogP) is 2.01. The van der Waals surface area contributed by atoms with E-state index in [2.05, 4.69) is 17.4 Å². The predicted molar refractivity (Wildman–Crippen MR) is 73.3 cm³/mol. The van der Waals surface area contributed by atoms with Crippen molar-refractivity contribution in [2.24, 2.45) is 5.92 Å². The number of fused-ring (bicyclic) bond motifs is 1. The summed E-state index contributed by atoms with van der Waals surface area (Å²) in [4.78, 5) is 0. The summed E-state index contributed by atoms with van der Waals surface area (Å²) in [6.07, 6.45) is 5.88. The van der Waals surface area contributed by atoms with Crippen LogP contribution in [0.2, 0.25) is 0 Å². The molecule has 2 aliphatic carbocycles. The van der Waals surface area contributed by atoms with Crippen molar-refractivity contribution in [3.05, 3.63) is 29.3 Å². The second-order valence-electron chi connectivity index (χ2n) is 5.70. The third-order valence-corrected chi connectivity index (χ3v) is 4.55. The fourth-order valence-corrected chi connectivity index (χ4v) is 3.54. The van der Waals surface area contributed by atoms with Crippen molar-refractivity contribution in [2.75, 3.05) is 12.3 Å². The molecule has 98 valence electrons. The topological polar surface area (TPSA) is 58.3 Å². The van der Waals surface area contributed by atoms with Crippen LogP contribution in [0.25, 0.3) is 0 Å². The number of aliphatic hydroxyl groups excluding tert-OH is 1. The van der Waals surface area contributed by atoms with Crippen LogP contribution in [-0.4, -0.2) is 17.8 Å². The standard InChI is InChI=1S/C15H22N2O/c16-12-5-6-13-10(8-12)4-7-15(13)17-14-3-1-2-11(14)9-18/h5-6,8,11,14-15,17-18H,1-4,7,9,16H2. The lowest BCUT2D eigenvalue weighted by molar-refractivity contribution is 0.199. The van der Waals surface area contributed by atoms with Crippen molar-refractivity contribution in [1.82, 2.24) is 5.32 Å². The van der Waals surface area contributed by atoms with Crippen LogP contribution in [0.5, 0.6) is 0 Å². The second-order valence-corrected chi connectivity index (χ2v) is 5.70. The molecule has 0 saturated heterocycles. The van der Waals surface area contributed by atoms with Crippen molar-refractivity contribution in [1.29, 1.82) is 0 Å². The minimum absolute atomic E-state index is 0.318. The minimum atomic E-state index is 0.318. The normalized spacial score (nSPS) is 30.6. The maximum absolute atomic E-state index is 9.39. The van der Waals surface area contributed by atoms with Gasteiger partial charge in [0.1, 0.15) is 0 Å². The van der Waals surface area contributed by atoms with Gasteiger partial charge in [0.15, 0.2) is 0 Å². The Bertz CT molecular complexity index is 433. The molecule has 0 radical (unpaired) electrons. The highest BCUT2D eigenvalue weighted by atomic mass is 16.3. The molecule has 0 aliphatic heterocycles. The van der Waals surface area contributed by atoms with Crippen molar-refractivity contribution in [3.8, 4) is 0 Å². The molecule has 4 N–H and O–H groups in total. The SMILES string of the molecule is Nc1ccc2c(c1)CCC2NC1CCCC1CO. The lowest BCUT2D eigenvalue weighted by Crippen LogP contribution is -2.36. The van der Waals surface area contributed by atoms with Crippen molar-refractivity contribution < 1.29 is 5.11 Å². The van der Waals surface area contributed by atoms with Crippen molar-refractivity contribution in [2.45, 2.75) is 44.2 Å². The largest absolute Gasteiger partial charge is 0.399 e. The third kappa shape index (κ3) is 2.13. The molecule has 1 fully saturated rings. The fourth-order valence-electron chi connectivity index (χ4n) is 3.54. The lowest BCUT2D eigenvalue weighted by atomic mass is 10.0. The van der Waals surface area contributed by atoms with Crippen LogP contribution in [0.15, 0.2) is 18.2 Å². The summed E-state index contributed by atoms with van der Waals surface area (Å²) in [5.41, 5.74) is 9.50. The van der Waals surface area contributed by atoms with Gasteiger partial charge < -0.3 is 16.2 Å². The van der Waals surface area contributed by atoms with E-state index in [4.69, 9.17) is 5.73 Å². The number of aliphatic hydroxyl groups is 1. The van der Waals surface area contributed by atoms with Gasteiger partial charge in [-0.05, 0) is 54.9 Å². The molecule has 0 aromatic heterocycles. The minimum Gasteiger partial charge on any atom is -0.399 e. The molecule has 3 unspecified atom stereocenters.